The first-order valence-electron chi connectivity index (χ1n) is 4.09. The van der Waals surface area contributed by atoms with Gasteiger partial charge in [0.25, 0.3) is 0 Å². The average Bonchev–Trinajstić information content (AvgIpc) is 2.72. The van der Waals surface area contributed by atoms with Crippen LogP contribution in [-0.2, 0) is 4.79 Å². The van der Waals surface area contributed by atoms with Crippen molar-refractivity contribution in [1.29, 1.82) is 0 Å². The standard InChI is InChI=1S/C9H14O2/c1-3-8(7-4-5-7)6(2)9(10)11/h7H,3-5H2,1-2H3,(H,10,11). The minimum Gasteiger partial charge on any atom is -0.478 e. The Morgan fingerprint density at radius 3 is 2.36 bits per heavy atom. The Morgan fingerprint density at radius 2 is 2.09 bits per heavy atom. The highest BCUT2D eigenvalue weighted by Gasteiger charge is 2.27. The maximum atomic E-state index is 10.6. The Morgan fingerprint density at radius 1 is 1.55 bits per heavy atom. The van der Waals surface area contributed by atoms with Crippen LogP contribution >= 0.6 is 0 Å². The van der Waals surface area contributed by atoms with Crippen LogP contribution in [0.25, 0.3) is 0 Å². The molecule has 1 saturated carbocycles. The lowest BCUT2D eigenvalue weighted by atomic mass is 10.0. The third kappa shape index (κ3) is 1.82. The van der Waals surface area contributed by atoms with Gasteiger partial charge < -0.3 is 5.11 Å². The third-order valence-electron chi connectivity index (χ3n) is 2.25. The van der Waals surface area contributed by atoms with Crippen molar-refractivity contribution in [2.24, 2.45) is 5.92 Å². The van der Waals surface area contributed by atoms with Crippen molar-refractivity contribution in [2.45, 2.75) is 33.1 Å². The average molecular weight is 154 g/mol. The molecule has 0 bridgehead atoms. The first-order chi connectivity index (χ1) is 5.16. The molecule has 0 radical (unpaired) electrons. The smallest absolute Gasteiger partial charge is 0.331 e. The fraction of sp³-hybridized carbons (Fsp3) is 0.667. The Hall–Kier alpha value is -0.790. The van der Waals surface area contributed by atoms with Crippen molar-refractivity contribution in [3.8, 4) is 0 Å². The number of hydrogen-bond acceptors (Lipinski definition) is 1. The van der Waals surface area contributed by atoms with E-state index in [4.69, 9.17) is 5.11 Å². The molecule has 11 heavy (non-hydrogen) atoms. The minimum atomic E-state index is -0.756. The molecule has 0 aromatic heterocycles. The summed E-state index contributed by atoms with van der Waals surface area (Å²) in [5.41, 5.74) is 1.72. The van der Waals surface area contributed by atoms with Crippen LogP contribution in [0, 0.1) is 5.92 Å². The molecule has 1 rings (SSSR count). The van der Waals surface area contributed by atoms with Gasteiger partial charge in [0.05, 0.1) is 0 Å². The van der Waals surface area contributed by atoms with Gasteiger partial charge in [-0.15, -0.1) is 0 Å². The van der Waals surface area contributed by atoms with Crippen LogP contribution in [-0.4, -0.2) is 11.1 Å². The number of aliphatic carboxylic acids is 1. The number of carboxylic acid groups (broad SMARTS) is 1. The van der Waals surface area contributed by atoms with Crippen molar-refractivity contribution in [2.75, 3.05) is 0 Å². The van der Waals surface area contributed by atoms with Crippen LogP contribution in [0.1, 0.15) is 33.1 Å². The van der Waals surface area contributed by atoms with Gasteiger partial charge in [-0.1, -0.05) is 12.5 Å². The lowest BCUT2D eigenvalue weighted by molar-refractivity contribution is -0.132. The molecule has 0 unspecified atom stereocenters. The minimum absolute atomic E-state index is 0.565. The summed E-state index contributed by atoms with van der Waals surface area (Å²) in [5, 5.41) is 8.70. The van der Waals surface area contributed by atoms with Crippen LogP contribution in [0.2, 0.25) is 0 Å². The van der Waals surface area contributed by atoms with Crippen molar-refractivity contribution in [3.05, 3.63) is 11.1 Å². The van der Waals surface area contributed by atoms with E-state index in [0.717, 1.165) is 12.0 Å². The molecular formula is C9H14O2. The van der Waals surface area contributed by atoms with Crippen molar-refractivity contribution < 1.29 is 9.90 Å². The molecule has 0 saturated heterocycles. The van der Waals surface area contributed by atoms with Gasteiger partial charge in [-0.3, -0.25) is 0 Å². The summed E-state index contributed by atoms with van der Waals surface area (Å²) in [6.45, 7) is 3.74. The van der Waals surface area contributed by atoms with Crippen LogP contribution in [0.5, 0.6) is 0 Å². The monoisotopic (exact) mass is 154 g/mol. The fourth-order valence-corrected chi connectivity index (χ4v) is 1.43. The third-order valence-corrected chi connectivity index (χ3v) is 2.25. The summed E-state index contributed by atoms with van der Waals surface area (Å²) in [7, 11) is 0. The SMILES string of the molecule is CCC(=C(C)C(=O)O)C1CC1. The molecule has 2 heteroatoms. The molecule has 0 amide bonds. The Kier molecular flexibility index (Phi) is 2.32. The van der Waals surface area contributed by atoms with E-state index in [1.807, 2.05) is 6.92 Å². The number of carbonyl (C=O) groups is 1. The Labute approximate surface area is 66.9 Å². The van der Waals surface area contributed by atoms with Gasteiger partial charge >= 0.3 is 5.97 Å². The summed E-state index contributed by atoms with van der Waals surface area (Å²) in [4.78, 5) is 10.6. The molecule has 0 heterocycles. The normalized spacial score (nSPS) is 19.5. The second-order valence-corrected chi connectivity index (χ2v) is 3.08. The number of carboxylic acids is 1. The van der Waals surface area contributed by atoms with Gasteiger partial charge in [0, 0.05) is 5.57 Å². The number of allylic oxidation sites excluding steroid dienone is 1. The molecule has 0 spiro atoms. The molecule has 2 nitrogen and oxygen atoms in total. The molecule has 1 fully saturated rings. The van der Waals surface area contributed by atoms with E-state index in [2.05, 4.69) is 0 Å². The van der Waals surface area contributed by atoms with Gasteiger partial charge in [0.2, 0.25) is 0 Å². The highest BCUT2D eigenvalue weighted by molar-refractivity contribution is 5.87. The molecule has 1 aliphatic rings. The van der Waals surface area contributed by atoms with Gasteiger partial charge in [-0.05, 0) is 32.1 Å². The lowest BCUT2D eigenvalue weighted by Crippen LogP contribution is -2.01. The van der Waals surface area contributed by atoms with Crippen molar-refractivity contribution in [1.82, 2.24) is 0 Å². The van der Waals surface area contributed by atoms with E-state index in [1.165, 1.54) is 12.8 Å². The largest absolute Gasteiger partial charge is 0.478 e. The van der Waals surface area contributed by atoms with E-state index in [1.54, 1.807) is 6.92 Å². The summed E-state index contributed by atoms with van der Waals surface area (Å²) in [6.07, 6.45) is 3.27. The van der Waals surface area contributed by atoms with Crippen LogP contribution in [0.3, 0.4) is 0 Å². The molecule has 0 aliphatic heterocycles. The maximum absolute atomic E-state index is 10.6. The van der Waals surface area contributed by atoms with E-state index >= 15 is 0 Å². The molecule has 0 aromatic rings. The number of rotatable bonds is 3. The quantitative estimate of drug-likeness (QED) is 0.633. The molecular weight excluding hydrogens is 140 g/mol. The van der Waals surface area contributed by atoms with Gasteiger partial charge in [-0.2, -0.15) is 0 Å². The molecule has 1 N–H and O–H groups in total. The van der Waals surface area contributed by atoms with Crippen LogP contribution < -0.4 is 0 Å². The van der Waals surface area contributed by atoms with Crippen LogP contribution in [0.15, 0.2) is 11.1 Å². The predicted octanol–water partition coefficient (Wildman–Crippen LogP) is 2.21. The highest BCUT2D eigenvalue weighted by atomic mass is 16.4. The first kappa shape index (κ1) is 8.31. The summed E-state index contributed by atoms with van der Waals surface area (Å²) in [6, 6.07) is 0. The Balaban J connectivity index is 2.77. The second-order valence-electron chi connectivity index (χ2n) is 3.08. The van der Waals surface area contributed by atoms with E-state index in [0.29, 0.717) is 11.5 Å². The van der Waals surface area contributed by atoms with E-state index in [-0.39, 0.29) is 0 Å². The summed E-state index contributed by atoms with van der Waals surface area (Å²) < 4.78 is 0. The summed E-state index contributed by atoms with van der Waals surface area (Å²) in [5.74, 6) is -0.162. The summed E-state index contributed by atoms with van der Waals surface area (Å²) >= 11 is 0. The highest BCUT2D eigenvalue weighted by Crippen LogP contribution is 2.39. The zero-order chi connectivity index (χ0) is 8.43. The van der Waals surface area contributed by atoms with E-state index in [9.17, 15) is 4.79 Å². The maximum Gasteiger partial charge on any atom is 0.331 e. The van der Waals surface area contributed by atoms with Gasteiger partial charge in [0.1, 0.15) is 0 Å². The van der Waals surface area contributed by atoms with Crippen LogP contribution in [0.4, 0.5) is 0 Å². The van der Waals surface area contributed by atoms with Crippen molar-refractivity contribution >= 4 is 5.97 Å². The zero-order valence-corrected chi connectivity index (χ0v) is 7.05. The first-order valence-corrected chi connectivity index (χ1v) is 4.09. The Bertz CT molecular complexity index is 200. The molecule has 0 atom stereocenters. The topological polar surface area (TPSA) is 37.3 Å². The lowest BCUT2D eigenvalue weighted by Gasteiger charge is -2.04. The second kappa shape index (κ2) is 3.07. The molecule has 0 aromatic carbocycles. The molecule has 1 aliphatic carbocycles. The fourth-order valence-electron chi connectivity index (χ4n) is 1.43. The van der Waals surface area contributed by atoms with Crippen molar-refractivity contribution in [3.63, 3.8) is 0 Å². The van der Waals surface area contributed by atoms with E-state index < -0.39 is 5.97 Å². The predicted molar refractivity (Wildman–Crippen MR) is 43.4 cm³/mol. The number of hydrogen-bond donors (Lipinski definition) is 1. The zero-order valence-electron chi connectivity index (χ0n) is 7.05. The van der Waals surface area contributed by atoms with Gasteiger partial charge in [-0.25, -0.2) is 4.79 Å². The molecule has 62 valence electrons. The van der Waals surface area contributed by atoms with Gasteiger partial charge in [0.15, 0.2) is 0 Å².